The van der Waals surface area contributed by atoms with Gasteiger partial charge in [-0.15, -0.1) is 0 Å². The molecule has 1 aromatic heterocycles. The Morgan fingerprint density at radius 2 is 2.50 bits per heavy atom. The van der Waals surface area contributed by atoms with Gasteiger partial charge >= 0.3 is 6.09 Å². The average Bonchev–Trinajstić information content (AvgIpc) is 2.71. The van der Waals surface area contributed by atoms with Gasteiger partial charge in [0.1, 0.15) is 6.10 Å². The van der Waals surface area contributed by atoms with Gasteiger partial charge in [-0.1, -0.05) is 0 Å². The molecule has 0 aliphatic carbocycles. The van der Waals surface area contributed by atoms with Gasteiger partial charge in [0.05, 0.1) is 18.8 Å². The summed E-state index contributed by atoms with van der Waals surface area (Å²) >= 11 is 0. The minimum absolute atomic E-state index is 0.180. The Bertz CT molecular complexity index is 509. The van der Waals surface area contributed by atoms with Crippen molar-refractivity contribution < 1.29 is 9.53 Å². The standard InChI is InChI=1S/C12H14N4O2/c1-8-11(14-2)5-9(6-15-8)16-7-10(3-4-13)18-12(16)17/h5-6,10H,3-4,7,13H2,1H3. The van der Waals surface area contributed by atoms with E-state index in [2.05, 4.69) is 9.83 Å². The quantitative estimate of drug-likeness (QED) is 0.822. The number of carbonyl (C=O) groups excluding carboxylic acids is 1. The van der Waals surface area contributed by atoms with E-state index in [1.54, 1.807) is 19.2 Å². The number of rotatable bonds is 3. The van der Waals surface area contributed by atoms with Crippen LogP contribution < -0.4 is 10.6 Å². The number of hydrogen-bond acceptors (Lipinski definition) is 4. The van der Waals surface area contributed by atoms with E-state index in [1.165, 1.54) is 4.90 Å². The Morgan fingerprint density at radius 3 is 3.17 bits per heavy atom. The third-order valence-corrected chi connectivity index (χ3v) is 2.84. The highest BCUT2D eigenvalue weighted by molar-refractivity contribution is 5.90. The zero-order valence-corrected chi connectivity index (χ0v) is 10.1. The van der Waals surface area contributed by atoms with Crippen LogP contribution in [0.5, 0.6) is 0 Å². The summed E-state index contributed by atoms with van der Waals surface area (Å²) in [5.74, 6) is 0. The highest BCUT2D eigenvalue weighted by Gasteiger charge is 2.32. The zero-order chi connectivity index (χ0) is 13.1. The van der Waals surface area contributed by atoms with Gasteiger partial charge in [0.2, 0.25) is 5.69 Å². The predicted octanol–water partition coefficient (Wildman–Crippen LogP) is 1.61. The van der Waals surface area contributed by atoms with Crippen LogP contribution in [0.25, 0.3) is 4.85 Å². The van der Waals surface area contributed by atoms with Gasteiger partial charge < -0.3 is 10.5 Å². The monoisotopic (exact) mass is 246 g/mol. The molecule has 1 aliphatic heterocycles. The van der Waals surface area contributed by atoms with E-state index < -0.39 is 6.09 Å². The minimum atomic E-state index is -0.407. The highest BCUT2D eigenvalue weighted by Crippen LogP contribution is 2.27. The number of ether oxygens (including phenoxy) is 1. The van der Waals surface area contributed by atoms with Crippen LogP contribution in [-0.4, -0.2) is 30.3 Å². The van der Waals surface area contributed by atoms with Crippen molar-refractivity contribution in [3.05, 3.63) is 29.4 Å². The molecule has 1 amide bonds. The molecule has 1 fully saturated rings. The molecule has 2 N–H and O–H groups in total. The number of hydrogen-bond donors (Lipinski definition) is 1. The third kappa shape index (κ3) is 2.26. The summed E-state index contributed by atoms with van der Waals surface area (Å²) in [4.78, 5) is 20.7. The Kier molecular flexibility index (Phi) is 3.44. The number of aryl methyl sites for hydroxylation is 1. The number of nitrogens with zero attached hydrogens (tertiary/aromatic N) is 3. The molecule has 1 saturated heterocycles. The number of aromatic nitrogens is 1. The number of carbonyl (C=O) groups is 1. The van der Waals surface area contributed by atoms with Crippen LogP contribution >= 0.6 is 0 Å². The van der Waals surface area contributed by atoms with Crippen LogP contribution in [0.2, 0.25) is 0 Å². The van der Waals surface area contributed by atoms with Gasteiger partial charge in [0.25, 0.3) is 0 Å². The van der Waals surface area contributed by atoms with E-state index in [0.29, 0.717) is 36.6 Å². The maximum absolute atomic E-state index is 11.7. The first kappa shape index (κ1) is 12.3. The second-order valence-corrected chi connectivity index (χ2v) is 4.10. The molecule has 6 heteroatoms. The number of nitrogens with two attached hydrogens (primary N) is 1. The van der Waals surface area contributed by atoms with Crippen LogP contribution in [0.4, 0.5) is 16.2 Å². The Labute approximate surface area is 105 Å². The van der Waals surface area contributed by atoms with Crippen molar-refractivity contribution in [3.63, 3.8) is 0 Å². The van der Waals surface area contributed by atoms with E-state index in [0.717, 1.165) is 0 Å². The second kappa shape index (κ2) is 5.02. The van der Waals surface area contributed by atoms with Gasteiger partial charge in [-0.3, -0.25) is 9.88 Å². The molecule has 1 aromatic rings. The number of anilines is 1. The lowest BCUT2D eigenvalue weighted by Crippen LogP contribution is -2.25. The van der Waals surface area contributed by atoms with E-state index >= 15 is 0 Å². The third-order valence-electron chi connectivity index (χ3n) is 2.84. The Balaban J connectivity index is 2.22. The van der Waals surface area contributed by atoms with Crippen molar-refractivity contribution in [1.82, 2.24) is 4.98 Å². The first-order chi connectivity index (χ1) is 8.65. The van der Waals surface area contributed by atoms with Crippen molar-refractivity contribution in [3.8, 4) is 0 Å². The van der Waals surface area contributed by atoms with Crippen molar-refractivity contribution in [2.45, 2.75) is 19.4 Å². The summed E-state index contributed by atoms with van der Waals surface area (Å²) in [6.45, 7) is 9.74. The van der Waals surface area contributed by atoms with Gasteiger partial charge in [-0.05, 0) is 26.0 Å². The SMILES string of the molecule is [C-]#[N+]c1cc(N2CC(CCN)OC2=O)cnc1C. The van der Waals surface area contributed by atoms with Crippen LogP contribution in [0.3, 0.4) is 0 Å². The molecule has 0 bridgehead atoms. The summed E-state index contributed by atoms with van der Waals surface area (Å²) in [5, 5.41) is 0. The molecule has 2 rings (SSSR count). The molecule has 6 nitrogen and oxygen atoms in total. The number of amides is 1. The van der Waals surface area contributed by atoms with E-state index in [9.17, 15) is 4.79 Å². The van der Waals surface area contributed by atoms with Crippen LogP contribution in [-0.2, 0) is 4.74 Å². The van der Waals surface area contributed by atoms with E-state index in [-0.39, 0.29) is 6.10 Å². The lowest BCUT2D eigenvalue weighted by Gasteiger charge is -2.13. The summed E-state index contributed by atoms with van der Waals surface area (Å²) in [6, 6.07) is 1.65. The van der Waals surface area contributed by atoms with Crippen molar-refractivity contribution >= 4 is 17.5 Å². The number of cyclic esters (lactones) is 1. The maximum Gasteiger partial charge on any atom is 0.414 e. The molecule has 0 spiro atoms. The van der Waals surface area contributed by atoms with Crippen molar-refractivity contribution in [2.75, 3.05) is 18.0 Å². The fourth-order valence-electron chi connectivity index (χ4n) is 1.84. The smallest absolute Gasteiger partial charge is 0.414 e. The normalized spacial score (nSPS) is 18.6. The van der Waals surface area contributed by atoms with Gasteiger partial charge in [-0.2, -0.15) is 0 Å². The minimum Gasteiger partial charge on any atom is -0.444 e. The highest BCUT2D eigenvalue weighted by atomic mass is 16.6. The van der Waals surface area contributed by atoms with Crippen LogP contribution in [0, 0.1) is 13.5 Å². The molecule has 0 saturated carbocycles. The lowest BCUT2D eigenvalue weighted by atomic mass is 10.2. The molecule has 94 valence electrons. The summed E-state index contributed by atoms with van der Waals surface area (Å²) in [7, 11) is 0. The fraction of sp³-hybridized carbons (Fsp3) is 0.417. The molecule has 18 heavy (non-hydrogen) atoms. The van der Waals surface area contributed by atoms with Gasteiger partial charge in [-0.25, -0.2) is 9.64 Å². The zero-order valence-electron chi connectivity index (χ0n) is 10.1. The summed E-state index contributed by atoms with van der Waals surface area (Å²) in [5.41, 5.74) is 7.13. The first-order valence-corrected chi connectivity index (χ1v) is 5.68. The lowest BCUT2D eigenvalue weighted by molar-refractivity contribution is 0.138. The number of pyridine rings is 1. The van der Waals surface area contributed by atoms with Gasteiger partial charge in [0.15, 0.2) is 0 Å². The maximum atomic E-state index is 11.7. The van der Waals surface area contributed by atoms with Crippen molar-refractivity contribution in [2.24, 2.45) is 5.73 Å². The second-order valence-electron chi connectivity index (χ2n) is 4.10. The molecule has 1 unspecified atom stereocenters. The Hall–Kier alpha value is -2.13. The van der Waals surface area contributed by atoms with Crippen LogP contribution in [0.1, 0.15) is 12.1 Å². The molecule has 2 heterocycles. The largest absolute Gasteiger partial charge is 0.444 e. The molecule has 0 aromatic carbocycles. The van der Waals surface area contributed by atoms with Crippen molar-refractivity contribution in [1.29, 1.82) is 0 Å². The van der Waals surface area contributed by atoms with E-state index in [4.69, 9.17) is 17.0 Å². The molecule has 1 atom stereocenters. The van der Waals surface area contributed by atoms with Crippen LogP contribution in [0.15, 0.2) is 12.3 Å². The van der Waals surface area contributed by atoms with E-state index in [1.807, 2.05) is 0 Å². The Morgan fingerprint density at radius 1 is 1.72 bits per heavy atom. The molecular formula is C12H14N4O2. The summed E-state index contributed by atoms with van der Waals surface area (Å²) < 4.78 is 5.17. The first-order valence-electron chi connectivity index (χ1n) is 5.68. The molecular weight excluding hydrogens is 232 g/mol. The average molecular weight is 246 g/mol. The molecule has 1 aliphatic rings. The topological polar surface area (TPSA) is 72.8 Å². The summed E-state index contributed by atoms with van der Waals surface area (Å²) in [6.07, 6.45) is 1.63. The molecule has 0 radical (unpaired) electrons. The fourth-order valence-corrected chi connectivity index (χ4v) is 1.84. The predicted molar refractivity (Wildman–Crippen MR) is 66.5 cm³/mol. The van der Waals surface area contributed by atoms with Gasteiger partial charge in [0, 0.05) is 11.9 Å².